The van der Waals surface area contributed by atoms with Crippen LogP contribution in [0.1, 0.15) is 20.8 Å². The van der Waals surface area contributed by atoms with Crippen LogP contribution in [-0.4, -0.2) is 85.5 Å². The highest BCUT2D eigenvalue weighted by molar-refractivity contribution is 5.81. The molecule has 20 heavy (non-hydrogen) atoms. The van der Waals surface area contributed by atoms with E-state index in [-0.39, 0.29) is 17.9 Å². The van der Waals surface area contributed by atoms with Gasteiger partial charge in [-0.2, -0.15) is 0 Å². The summed E-state index contributed by atoms with van der Waals surface area (Å²) in [5, 5.41) is 0. The van der Waals surface area contributed by atoms with E-state index in [9.17, 15) is 9.59 Å². The second kappa shape index (κ2) is 8.21. The molecule has 0 bridgehead atoms. The third-order valence-corrected chi connectivity index (χ3v) is 3.86. The molecule has 6 heteroatoms. The van der Waals surface area contributed by atoms with E-state index in [2.05, 4.69) is 4.90 Å². The zero-order chi connectivity index (χ0) is 15.1. The maximum absolute atomic E-state index is 12.0. The van der Waals surface area contributed by atoms with Gasteiger partial charge in [0.25, 0.3) is 5.91 Å². The highest BCUT2D eigenvalue weighted by atomic mass is 16.5. The number of amides is 2. The minimum absolute atomic E-state index is 0.0298. The van der Waals surface area contributed by atoms with Crippen molar-refractivity contribution in [3.63, 3.8) is 0 Å². The lowest BCUT2D eigenvalue weighted by molar-refractivity contribution is -0.143. The first-order valence-corrected chi connectivity index (χ1v) is 7.35. The number of hydrogen-bond donors (Lipinski definition) is 0. The van der Waals surface area contributed by atoms with E-state index < -0.39 is 0 Å². The number of rotatable bonds is 6. The van der Waals surface area contributed by atoms with Crippen molar-refractivity contribution in [2.75, 3.05) is 52.9 Å². The van der Waals surface area contributed by atoms with Crippen LogP contribution in [0.3, 0.4) is 0 Å². The Kier molecular flexibility index (Phi) is 6.95. The number of likely N-dealkylation sites (N-methyl/N-ethyl adjacent to an activating group) is 1. The molecule has 1 aliphatic heterocycles. The molecule has 1 unspecified atom stereocenters. The standard InChI is InChI=1S/C14H27N3O3/c1-5-16(6-2)13(18)11-15-7-9-17(10-8-15)14(19)12(3)20-4/h12H,5-11H2,1-4H3. The summed E-state index contributed by atoms with van der Waals surface area (Å²) in [6, 6.07) is 0. The largest absolute Gasteiger partial charge is 0.372 e. The van der Waals surface area contributed by atoms with Gasteiger partial charge in [0.1, 0.15) is 6.10 Å². The van der Waals surface area contributed by atoms with Gasteiger partial charge in [0.05, 0.1) is 6.54 Å². The molecule has 0 radical (unpaired) electrons. The van der Waals surface area contributed by atoms with Gasteiger partial charge in [-0.1, -0.05) is 0 Å². The maximum Gasteiger partial charge on any atom is 0.251 e. The molecular weight excluding hydrogens is 258 g/mol. The molecule has 0 aliphatic carbocycles. The first-order chi connectivity index (χ1) is 9.53. The molecule has 0 spiro atoms. The highest BCUT2D eigenvalue weighted by Gasteiger charge is 2.26. The van der Waals surface area contributed by atoms with Crippen LogP contribution in [0.25, 0.3) is 0 Å². The molecule has 1 rings (SSSR count). The smallest absolute Gasteiger partial charge is 0.251 e. The van der Waals surface area contributed by atoms with Gasteiger partial charge < -0.3 is 14.5 Å². The number of piperazine rings is 1. The predicted molar refractivity (Wildman–Crippen MR) is 77.4 cm³/mol. The Morgan fingerprint density at radius 3 is 2.15 bits per heavy atom. The predicted octanol–water partition coefficient (Wildman–Crippen LogP) is 0.0339. The Bertz CT molecular complexity index is 324. The van der Waals surface area contributed by atoms with E-state index in [1.165, 1.54) is 0 Å². The molecule has 2 amide bonds. The molecule has 1 fully saturated rings. The summed E-state index contributed by atoms with van der Waals surface area (Å²) in [7, 11) is 1.54. The number of methoxy groups -OCH3 is 1. The Labute approximate surface area is 121 Å². The van der Waals surface area contributed by atoms with Crippen LogP contribution in [0.5, 0.6) is 0 Å². The van der Waals surface area contributed by atoms with Gasteiger partial charge in [0.15, 0.2) is 0 Å². The molecule has 0 saturated carbocycles. The number of hydrogen-bond acceptors (Lipinski definition) is 4. The fourth-order valence-corrected chi connectivity index (χ4v) is 2.35. The zero-order valence-corrected chi connectivity index (χ0v) is 13.1. The molecule has 116 valence electrons. The molecule has 0 aromatic carbocycles. The Morgan fingerprint density at radius 2 is 1.70 bits per heavy atom. The third kappa shape index (κ3) is 4.45. The summed E-state index contributed by atoms with van der Waals surface area (Å²) in [4.78, 5) is 29.8. The van der Waals surface area contributed by atoms with Gasteiger partial charge in [-0.25, -0.2) is 0 Å². The van der Waals surface area contributed by atoms with Crippen LogP contribution in [0.4, 0.5) is 0 Å². The lowest BCUT2D eigenvalue weighted by atomic mass is 10.2. The molecule has 1 atom stereocenters. The first-order valence-electron chi connectivity index (χ1n) is 7.35. The van der Waals surface area contributed by atoms with Crippen molar-refractivity contribution >= 4 is 11.8 Å². The van der Waals surface area contributed by atoms with Gasteiger partial charge >= 0.3 is 0 Å². The molecule has 1 saturated heterocycles. The molecule has 0 N–H and O–H groups in total. The summed E-state index contributed by atoms with van der Waals surface area (Å²) in [6.07, 6.45) is -0.390. The van der Waals surface area contributed by atoms with Gasteiger partial charge in [0, 0.05) is 46.4 Å². The highest BCUT2D eigenvalue weighted by Crippen LogP contribution is 2.06. The Balaban J connectivity index is 2.39. The van der Waals surface area contributed by atoms with Crippen molar-refractivity contribution in [3.8, 4) is 0 Å². The van der Waals surface area contributed by atoms with E-state index in [1.54, 1.807) is 14.0 Å². The van der Waals surface area contributed by atoms with Gasteiger partial charge in [-0.05, 0) is 20.8 Å². The summed E-state index contributed by atoms with van der Waals surface area (Å²) < 4.78 is 5.05. The quantitative estimate of drug-likeness (QED) is 0.691. The Morgan fingerprint density at radius 1 is 1.15 bits per heavy atom. The van der Waals surface area contributed by atoms with Crippen molar-refractivity contribution < 1.29 is 14.3 Å². The van der Waals surface area contributed by atoms with Crippen molar-refractivity contribution in [2.24, 2.45) is 0 Å². The van der Waals surface area contributed by atoms with E-state index in [0.29, 0.717) is 19.6 Å². The zero-order valence-electron chi connectivity index (χ0n) is 13.1. The summed E-state index contributed by atoms with van der Waals surface area (Å²) in [6.45, 7) is 10.5. The van der Waals surface area contributed by atoms with Crippen LogP contribution in [0.2, 0.25) is 0 Å². The van der Waals surface area contributed by atoms with Crippen molar-refractivity contribution in [1.29, 1.82) is 0 Å². The van der Waals surface area contributed by atoms with Crippen LogP contribution in [-0.2, 0) is 14.3 Å². The fraction of sp³-hybridized carbons (Fsp3) is 0.857. The number of nitrogens with zero attached hydrogens (tertiary/aromatic N) is 3. The Hall–Kier alpha value is -1.14. The van der Waals surface area contributed by atoms with E-state index in [4.69, 9.17) is 4.74 Å². The molecule has 0 aromatic heterocycles. The third-order valence-electron chi connectivity index (χ3n) is 3.86. The average Bonchev–Trinajstić information content (AvgIpc) is 2.47. The summed E-state index contributed by atoms with van der Waals surface area (Å²) in [5.41, 5.74) is 0. The van der Waals surface area contributed by atoms with E-state index in [0.717, 1.165) is 26.2 Å². The van der Waals surface area contributed by atoms with Crippen LogP contribution < -0.4 is 0 Å². The number of ether oxygens (including phenoxy) is 1. The van der Waals surface area contributed by atoms with Crippen molar-refractivity contribution in [3.05, 3.63) is 0 Å². The molecule has 0 aromatic rings. The number of carbonyl (C=O) groups is 2. The van der Waals surface area contributed by atoms with Crippen LogP contribution >= 0.6 is 0 Å². The lowest BCUT2D eigenvalue weighted by Gasteiger charge is -2.36. The van der Waals surface area contributed by atoms with E-state index in [1.807, 2.05) is 23.6 Å². The van der Waals surface area contributed by atoms with Crippen LogP contribution in [0.15, 0.2) is 0 Å². The molecule has 1 heterocycles. The normalized spacial score (nSPS) is 17.9. The maximum atomic E-state index is 12.0. The van der Waals surface area contributed by atoms with Crippen molar-refractivity contribution in [1.82, 2.24) is 14.7 Å². The second-order valence-corrected chi connectivity index (χ2v) is 5.05. The summed E-state index contributed by atoms with van der Waals surface area (Å²) in [5.74, 6) is 0.197. The van der Waals surface area contributed by atoms with Crippen LogP contribution in [0, 0.1) is 0 Å². The fourth-order valence-electron chi connectivity index (χ4n) is 2.35. The average molecular weight is 285 g/mol. The minimum Gasteiger partial charge on any atom is -0.372 e. The molecular formula is C14H27N3O3. The number of carbonyl (C=O) groups excluding carboxylic acids is 2. The monoisotopic (exact) mass is 285 g/mol. The topological polar surface area (TPSA) is 53.1 Å². The molecule has 1 aliphatic rings. The SMILES string of the molecule is CCN(CC)C(=O)CN1CCN(C(=O)C(C)OC)CC1. The van der Waals surface area contributed by atoms with Gasteiger partial charge in [-0.15, -0.1) is 0 Å². The lowest BCUT2D eigenvalue weighted by Crippen LogP contribution is -2.53. The van der Waals surface area contributed by atoms with E-state index >= 15 is 0 Å². The van der Waals surface area contributed by atoms with Crippen molar-refractivity contribution in [2.45, 2.75) is 26.9 Å². The van der Waals surface area contributed by atoms with Gasteiger partial charge in [0.2, 0.25) is 5.91 Å². The van der Waals surface area contributed by atoms with Gasteiger partial charge in [-0.3, -0.25) is 14.5 Å². The minimum atomic E-state index is -0.390. The second-order valence-electron chi connectivity index (χ2n) is 5.05. The molecule has 6 nitrogen and oxygen atoms in total. The summed E-state index contributed by atoms with van der Waals surface area (Å²) >= 11 is 0. The first kappa shape index (κ1) is 16.9.